The molecule has 0 amide bonds. The van der Waals surface area contributed by atoms with Crippen molar-refractivity contribution < 1.29 is 0 Å². The van der Waals surface area contributed by atoms with E-state index in [1.165, 1.54) is 5.56 Å². The Kier molecular flexibility index (Phi) is 1.50. The zero-order valence-electron chi connectivity index (χ0n) is 7.18. The predicted octanol–water partition coefficient (Wildman–Crippen LogP) is 1.91. The maximum atomic E-state index is 4.36. The number of hydrogen-bond acceptors (Lipinski definition) is 2. The fourth-order valence-corrected chi connectivity index (χ4v) is 1.29. The van der Waals surface area contributed by atoms with E-state index in [9.17, 15) is 0 Å². The van der Waals surface area contributed by atoms with Crippen molar-refractivity contribution in [2.24, 2.45) is 0 Å². The second-order valence-electron chi connectivity index (χ2n) is 2.81. The fourth-order valence-electron chi connectivity index (χ4n) is 1.29. The van der Waals surface area contributed by atoms with Gasteiger partial charge in [-0.1, -0.05) is 12.1 Å². The Morgan fingerprint density at radius 2 is 2.25 bits per heavy atom. The number of benzene rings is 1. The molecule has 0 atom stereocenters. The van der Waals surface area contributed by atoms with Crippen molar-refractivity contribution in [2.75, 3.05) is 12.4 Å². The molecule has 0 spiro atoms. The van der Waals surface area contributed by atoms with Gasteiger partial charge >= 0.3 is 0 Å². The van der Waals surface area contributed by atoms with Crippen molar-refractivity contribution in [3.05, 3.63) is 23.8 Å². The predicted molar refractivity (Wildman–Crippen MR) is 50.4 cm³/mol. The Morgan fingerprint density at radius 1 is 1.42 bits per heavy atom. The average molecular weight is 161 g/mol. The topological polar surface area (TPSA) is 40.7 Å². The second kappa shape index (κ2) is 2.52. The highest BCUT2D eigenvalue weighted by Gasteiger charge is 2.01. The number of rotatable bonds is 1. The number of nitrogens with one attached hydrogen (secondary N) is 2. The van der Waals surface area contributed by atoms with Crippen LogP contribution in [0.5, 0.6) is 0 Å². The Hall–Kier alpha value is -1.51. The minimum atomic E-state index is 0.819. The number of aromatic nitrogens is 2. The zero-order valence-corrected chi connectivity index (χ0v) is 7.18. The highest BCUT2D eigenvalue weighted by Crippen LogP contribution is 2.16. The van der Waals surface area contributed by atoms with Gasteiger partial charge in [0.2, 0.25) is 5.95 Å². The van der Waals surface area contributed by atoms with Crippen LogP contribution in [0.4, 0.5) is 5.95 Å². The summed E-state index contributed by atoms with van der Waals surface area (Å²) in [6.07, 6.45) is 0. The monoisotopic (exact) mass is 161 g/mol. The molecule has 0 saturated carbocycles. The molecule has 3 heteroatoms. The molecule has 0 radical (unpaired) electrons. The van der Waals surface area contributed by atoms with E-state index in [0.29, 0.717) is 0 Å². The van der Waals surface area contributed by atoms with Crippen LogP contribution in [0.15, 0.2) is 18.2 Å². The summed E-state index contributed by atoms with van der Waals surface area (Å²) in [5.74, 6) is 0.819. The van der Waals surface area contributed by atoms with Crippen LogP contribution in [-0.2, 0) is 0 Å². The van der Waals surface area contributed by atoms with Crippen LogP contribution in [0.1, 0.15) is 5.56 Å². The lowest BCUT2D eigenvalue weighted by Gasteiger charge is -1.90. The first kappa shape index (κ1) is 7.16. The molecule has 62 valence electrons. The molecule has 0 fully saturated rings. The maximum absolute atomic E-state index is 4.36. The van der Waals surface area contributed by atoms with Crippen molar-refractivity contribution in [1.29, 1.82) is 0 Å². The van der Waals surface area contributed by atoms with Crippen molar-refractivity contribution in [3.8, 4) is 0 Å². The molecule has 1 heterocycles. The minimum Gasteiger partial charge on any atom is -0.359 e. The van der Waals surface area contributed by atoms with E-state index in [-0.39, 0.29) is 0 Å². The van der Waals surface area contributed by atoms with Gasteiger partial charge in [-0.3, -0.25) is 0 Å². The number of anilines is 1. The van der Waals surface area contributed by atoms with E-state index in [0.717, 1.165) is 17.0 Å². The highest BCUT2D eigenvalue weighted by molar-refractivity contribution is 5.80. The molecule has 2 N–H and O–H groups in total. The third-order valence-corrected chi connectivity index (χ3v) is 1.95. The summed E-state index contributed by atoms with van der Waals surface area (Å²) >= 11 is 0. The Labute approximate surface area is 70.8 Å². The summed E-state index contributed by atoms with van der Waals surface area (Å²) in [5, 5.41) is 2.98. The number of H-pyrrole nitrogens is 1. The molecular formula is C9H11N3. The van der Waals surface area contributed by atoms with Crippen LogP contribution in [0, 0.1) is 6.92 Å². The van der Waals surface area contributed by atoms with Crippen LogP contribution in [0.2, 0.25) is 0 Å². The van der Waals surface area contributed by atoms with Gasteiger partial charge in [0.15, 0.2) is 0 Å². The van der Waals surface area contributed by atoms with Crippen molar-refractivity contribution in [3.63, 3.8) is 0 Å². The molecule has 0 aliphatic rings. The van der Waals surface area contributed by atoms with Gasteiger partial charge in [-0.25, -0.2) is 4.98 Å². The van der Waals surface area contributed by atoms with Crippen LogP contribution in [0.3, 0.4) is 0 Å². The lowest BCUT2D eigenvalue weighted by Crippen LogP contribution is -1.88. The first-order chi connectivity index (χ1) is 5.81. The maximum Gasteiger partial charge on any atom is 0.200 e. The molecule has 12 heavy (non-hydrogen) atoms. The van der Waals surface area contributed by atoms with Crippen LogP contribution in [-0.4, -0.2) is 17.0 Å². The number of nitrogens with zero attached hydrogens (tertiary/aromatic N) is 1. The molecule has 2 aromatic rings. The largest absolute Gasteiger partial charge is 0.359 e. The van der Waals surface area contributed by atoms with E-state index in [4.69, 9.17) is 0 Å². The Bertz CT molecular complexity index is 403. The minimum absolute atomic E-state index is 0.819. The third-order valence-electron chi connectivity index (χ3n) is 1.95. The summed E-state index contributed by atoms with van der Waals surface area (Å²) in [4.78, 5) is 7.53. The summed E-state index contributed by atoms with van der Waals surface area (Å²) in [6, 6.07) is 6.11. The van der Waals surface area contributed by atoms with Crippen molar-refractivity contribution in [1.82, 2.24) is 9.97 Å². The molecule has 0 aliphatic carbocycles. The standard InChI is InChI=1S/C9H11N3/c1-6-4-3-5-7-8(6)12-9(10-2)11-7/h3-5H,1-2H3,(H2,10,11,12). The van der Waals surface area contributed by atoms with Crippen molar-refractivity contribution in [2.45, 2.75) is 6.92 Å². The molecule has 0 aliphatic heterocycles. The van der Waals surface area contributed by atoms with E-state index < -0.39 is 0 Å². The average Bonchev–Trinajstić information content (AvgIpc) is 2.49. The molecule has 0 bridgehead atoms. The van der Waals surface area contributed by atoms with Crippen LogP contribution < -0.4 is 5.32 Å². The third kappa shape index (κ3) is 0.942. The van der Waals surface area contributed by atoms with Gasteiger partial charge in [0.1, 0.15) is 0 Å². The normalized spacial score (nSPS) is 10.5. The lowest BCUT2D eigenvalue weighted by molar-refractivity contribution is 1.28. The number of aromatic amines is 1. The Morgan fingerprint density at radius 3 is 2.92 bits per heavy atom. The fraction of sp³-hybridized carbons (Fsp3) is 0.222. The Balaban J connectivity index is 2.74. The molecule has 0 saturated heterocycles. The molecule has 2 rings (SSSR count). The summed E-state index contributed by atoms with van der Waals surface area (Å²) in [5.41, 5.74) is 3.33. The summed E-state index contributed by atoms with van der Waals surface area (Å²) in [6.45, 7) is 2.06. The first-order valence-corrected chi connectivity index (χ1v) is 3.94. The number of imidazole rings is 1. The van der Waals surface area contributed by atoms with Gasteiger partial charge in [0, 0.05) is 7.05 Å². The van der Waals surface area contributed by atoms with Crippen LogP contribution in [0.25, 0.3) is 11.0 Å². The van der Waals surface area contributed by atoms with Gasteiger partial charge in [0.05, 0.1) is 11.0 Å². The summed E-state index contributed by atoms with van der Waals surface area (Å²) < 4.78 is 0. The number of aryl methyl sites for hydroxylation is 1. The van der Waals surface area contributed by atoms with E-state index in [1.54, 1.807) is 0 Å². The van der Waals surface area contributed by atoms with Gasteiger partial charge in [-0.2, -0.15) is 0 Å². The van der Waals surface area contributed by atoms with Crippen molar-refractivity contribution >= 4 is 17.0 Å². The van der Waals surface area contributed by atoms with Gasteiger partial charge in [-0.15, -0.1) is 0 Å². The summed E-state index contributed by atoms with van der Waals surface area (Å²) in [7, 11) is 1.85. The molecule has 0 unspecified atom stereocenters. The van der Waals surface area contributed by atoms with Gasteiger partial charge < -0.3 is 10.3 Å². The van der Waals surface area contributed by atoms with Gasteiger partial charge in [0.25, 0.3) is 0 Å². The zero-order chi connectivity index (χ0) is 8.55. The molecule has 3 nitrogen and oxygen atoms in total. The van der Waals surface area contributed by atoms with E-state index >= 15 is 0 Å². The van der Waals surface area contributed by atoms with Gasteiger partial charge in [-0.05, 0) is 18.6 Å². The lowest BCUT2D eigenvalue weighted by atomic mass is 10.2. The smallest absolute Gasteiger partial charge is 0.200 e. The van der Waals surface area contributed by atoms with E-state index in [1.807, 2.05) is 19.2 Å². The number of hydrogen-bond donors (Lipinski definition) is 2. The molecule has 1 aromatic carbocycles. The second-order valence-corrected chi connectivity index (χ2v) is 2.81. The first-order valence-electron chi connectivity index (χ1n) is 3.94. The molecular weight excluding hydrogens is 150 g/mol. The number of fused-ring (bicyclic) bond motifs is 1. The highest BCUT2D eigenvalue weighted by atomic mass is 15.1. The van der Waals surface area contributed by atoms with E-state index in [2.05, 4.69) is 28.3 Å². The molecule has 1 aromatic heterocycles. The quantitative estimate of drug-likeness (QED) is 0.670. The SMILES string of the molecule is CNc1nc2c(C)cccc2[nH]1. The number of para-hydroxylation sites is 1. The van der Waals surface area contributed by atoms with Crippen LogP contribution >= 0.6 is 0 Å².